The van der Waals surface area contributed by atoms with E-state index < -0.39 is 5.41 Å². The minimum absolute atomic E-state index is 0.199. The van der Waals surface area contributed by atoms with Crippen LogP contribution in [0.15, 0.2) is 82.0 Å². The largest absolute Gasteiger partial charge is 0.361 e. The van der Waals surface area contributed by atoms with E-state index in [0.717, 1.165) is 30.8 Å². The zero-order valence-electron chi connectivity index (χ0n) is 16.0. The maximum atomic E-state index is 14.1. The van der Waals surface area contributed by atoms with Crippen LogP contribution in [0.4, 0.5) is 0 Å². The van der Waals surface area contributed by atoms with E-state index in [4.69, 9.17) is 0 Å². The molecule has 1 aliphatic rings. The van der Waals surface area contributed by atoms with E-state index in [9.17, 15) is 9.59 Å². The second-order valence-electron chi connectivity index (χ2n) is 7.74. The van der Waals surface area contributed by atoms with Crippen molar-refractivity contribution in [3.8, 4) is 0 Å². The predicted molar refractivity (Wildman–Crippen MR) is 128 cm³/mol. The van der Waals surface area contributed by atoms with E-state index in [1.807, 2.05) is 36.4 Å². The molecule has 2 N–H and O–H groups in total. The smallest absolute Gasteiger partial charge is 0.186 e. The van der Waals surface area contributed by atoms with Gasteiger partial charge in [0.2, 0.25) is 0 Å². The highest BCUT2D eigenvalue weighted by Crippen LogP contribution is 2.49. The number of hydrogen-bond donors (Lipinski definition) is 2. The third kappa shape index (κ3) is 2.40. The minimum Gasteiger partial charge on any atom is -0.361 e. The van der Waals surface area contributed by atoms with Gasteiger partial charge in [-0.05, 0) is 36.4 Å². The monoisotopic (exact) mass is 532 g/mol. The van der Waals surface area contributed by atoms with Crippen molar-refractivity contribution < 1.29 is 9.59 Å². The summed E-state index contributed by atoms with van der Waals surface area (Å²) in [4.78, 5) is 34.7. The number of ketones is 2. The summed E-state index contributed by atoms with van der Waals surface area (Å²) >= 11 is 7.08. The summed E-state index contributed by atoms with van der Waals surface area (Å²) in [5, 5.41) is 1.68. The zero-order chi connectivity index (χ0) is 21.3. The van der Waals surface area contributed by atoms with Crippen molar-refractivity contribution in [3.63, 3.8) is 0 Å². The molecule has 0 unspecified atom stereocenters. The number of carbonyl (C=O) groups excluding carboxylic acids is 2. The number of hydrogen-bond acceptors (Lipinski definition) is 2. The van der Waals surface area contributed by atoms with Crippen LogP contribution < -0.4 is 0 Å². The molecule has 150 valence electrons. The molecule has 2 aromatic heterocycles. The van der Waals surface area contributed by atoms with Gasteiger partial charge in [0.25, 0.3) is 0 Å². The normalized spacial score (nSPS) is 15.2. The van der Waals surface area contributed by atoms with Crippen LogP contribution in [0, 0.1) is 0 Å². The number of fused-ring (bicyclic) bond motifs is 3. The summed E-state index contributed by atoms with van der Waals surface area (Å²) in [5.74, 6) is -0.398. The number of halogens is 2. The summed E-state index contributed by atoms with van der Waals surface area (Å²) in [7, 11) is 0. The van der Waals surface area contributed by atoms with Gasteiger partial charge in [0.1, 0.15) is 0 Å². The Morgan fingerprint density at radius 3 is 1.55 bits per heavy atom. The van der Waals surface area contributed by atoms with Crippen LogP contribution in [0.1, 0.15) is 31.8 Å². The molecule has 0 radical (unpaired) electrons. The maximum Gasteiger partial charge on any atom is 0.186 e. The van der Waals surface area contributed by atoms with Gasteiger partial charge < -0.3 is 9.97 Å². The van der Waals surface area contributed by atoms with Gasteiger partial charge in [-0.15, -0.1) is 0 Å². The lowest BCUT2D eigenvalue weighted by molar-refractivity contribution is 0.0831. The fraction of sp³-hybridized carbons (Fsp3) is 0.0400. The number of aromatic nitrogens is 2. The summed E-state index contributed by atoms with van der Waals surface area (Å²) in [6.45, 7) is 0. The Bertz CT molecular complexity index is 1440. The number of H-pyrrole nitrogens is 2. The molecule has 3 aromatic carbocycles. The standard InChI is InChI=1S/C25H14Br2N2O2/c26-13-5-7-21-17(9-13)19(11-28-21)25(20-12-29-22-8-6-14(27)10-18(20)22)23(30)15-3-1-2-4-16(15)24(25)31/h1-12,28-29H. The molecule has 0 spiro atoms. The fourth-order valence-corrected chi connectivity index (χ4v) is 5.55. The Morgan fingerprint density at radius 2 is 1.10 bits per heavy atom. The van der Waals surface area contributed by atoms with Crippen molar-refractivity contribution >= 4 is 65.2 Å². The van der Waals surface area contributed by atoms with Crippen molar-refractivity contribution in [3.05, 3.63) is 104 Å². The summed E-state index contributed by atoms with van der Waals surface area (Å²) < 4.78 is 1.76. The van der Waals surface area contributed by atoms with Gasteiger partial charge in [0.05, 0.1) is 0 Å². The molecular formula is C25H14Br2N2O2. The van der Waals surface area contributed by atoms with Crippen LogP contribution in [0.25, 0.3) is 21.8 Å². The molecular weight excluding hydrogens is 520 g/mol. The van der Waals surface area contributed by atoms with Gasteiger partial charge in [0, 0.05) is 65.4 Å². The lowest BCUT2D eigenvalue weighted by atomic mass is 9.70. The van der Waals surface area contributed by atoms with Crippen molar-refractivity contribution in [2.45, 2.75) is 5.41 Å². The van der Waals surface area contributed by atoms with E-state index in [1.165, 1.54) is 0 Å². The first kappa shape index (κ1) is 18.8. The van der Waals surface area contributed by atoms with E-state index in [-0.39, 0.29) is 11.6 Å². The SMILES string of the molecule is O=C1c2ccccc2C(=O)C1(c1c[nH]c2ccc(Br)cc12)c1c[nH]c2ccc(Br)cc12. The number of nitrogens with one attached hydrogen (secondary N) is 2. The molecule has 0 atom stereocenters. The highest BCUT2D eigenvalue weighted by Gasteiger charge is 2.57. The van der Waals surface area contributed by atoms with Gasteiger partial charge in [0.15, 0.2) is 17.0 Å². The van der Waals surface area contributed by atoms with Crippen LogP contribution in [-0.2, 0) is 5.41 Å². The highest BCUT2D eigenvalue weighted by atomic mass is 79.9. The van der Waals surface area contributed by atoms with Crippen LogP contribution in [0.5, 0.6) is 0 Å². The maximum absolute atomic E-state index is 14.1. The van der Waals surface area contributed by atoms with E-state index in [2.05, 4.69) is 41.8 Å². The highest BCUT2D eigenvalue weighted by molar-refractivity contribution is 9.10. The number of benzene rings is 3. The first-order chi connectivity index (χ1) is 15.0. The quantitative estimate of drug-likeness (QED) is 0.253. The van der Waals surface area contributed by atoms with E-state index in [0.29, 0.717) is 22.3 Å². The molecule has 31 heavy (non-hydrogen) atoms. The molecule has 6 rings (SSSR count). The van der Waals surface area contributed by atoms with Crippen molar-refractivity contribution in [1.29, 1.82) is 0 Å². The molecule has 0 bridgehead atoms. The van der Waals surface area contributed by atoms with Crippen molar-refractivity contribution in [1.82, 2.24) is 9.97 Å². The molecule has 6 heteroatoms. The molecule has 0 saturated carbocycles. The van der Waals surface area contributed by atoms with Crippen LogP contribution in [-0.4, -0.2) is 21.5 Å². The molecule has 0 aliphatic heterocycles. The average Bonchev–Trinajstić information content (AvgIpc) is 3.43. The van der Waals surface area contributed by atoms with Crippen LogP contribution in [0.3, 0.4) is 0 Å². The Kier molecular flexibility index (Phi) is 3.95. The first-order valence-electron chi connectivity index (χ1n) is 9.74. The zero-order valence-corrected chi connectivity index (χ0v) is 19.2. The topological polar surface area (TPSA) is 65.7 Å². The van der Waals surface area contributed by atoms with Crippen LogP contribution >= 0.6 is 31.9 Å². The average molecular weight is 534 g/mol. The minimum atomic E-state index is -1.47. The predicted octanol–water partition coefficient (Wildman–Crippen LogP) is 6.54. The summed E-state index contributed by atoms with van der Waals surface area (Å²) in [6.07, 6.45) is 3.60. The number of carbonyl (C=O) groups is 2. The second kappa shape index (κ2) is 6.52. The third-order valence-corrected chi connectivity index (χ3v) is 7.18. The number of Topliss-reactive ketones (excluding diaryl/α,β-unsaturated/α-hetero) is 2. The molecule has 5 aromatic rings. The molecule has 2 heterocycles. The Labute approximate surface area is 193 Å². The van der Waals surface area contributed by atoms with Gasteiger partial charge >= 0.3 is 0 Å². The lowest BCUT2D eigenvalue weighted by Gasteiger charge is -2.26. The van der Waals surface area contributed by atoms with Crippen molar-refractivity contribution in [2.24, 2.45) is 0 Å². The number of aromatic amines is 2. The Hall–Kier alpha value is -2.96. The van der Waals surface area contributed by atoms with Crippen molar-refractivity contribution in [2.75, 3.05) is 0 Å². The molecule has 1 aliphatic carbocycles. The van der Waals surface area contributed by atoms with Gasteiger partial charge in [-0.1, -0.05) is 56.1 Å². The number of rotatable bonds is 2. The first-order valence-corrected chi connectivity index (χ1v) is 11.3. The van der Waals surface area contributed by atoms with Gasteiger partial charge in [-0.3, -0.25) is 9.59 Å². The molecule has 0 saturated heterocycles. The summed E-state index contributed by atoms with van der Waals surface area (Å²) in [6, 6.07) is 18.8. The lowest BCUT2D eigenvalue weighted by Crippen LogP contribution is -2.39. The fourth-order valence-electron chi connectivity index (χ4n) is 4.83. The summed E-state index contributed by atoms with van der Waals surface area (Å²) in [5.41, 5.74) is 2.52. The van der Waals surface area contributed by atoms with Crippen LogP contribution in [0.2, 0.25) is 0 Å². The molecule has 4 nitrogen and oxygen atoms in total. The molecule has 0 fully saturated rings. The molecule has 0 amide bonds. The Balaban J connectivity index is 1.78. The second-order valence-corrected chi connectivity index (χ2v) is 9.57. The van der Waals surface area contributed by atoms with E-state index in [1.54, 1.807) is 36.7 Å². The Morgan fingerprint density at radius 1 is 0.645 bits per heavy atom. The van der Waals surface area contributed by atoms with Gasteiger partial charge in [-0.2, -0.15) is 0 Å². The van der Waals surface area contributed by atoms with E-state index >= 15 is 0 Å². The third-order valence-electron chi connectivity index (χ3n) is 6.19. The van der Waals surface area contributed by atoms with Gasteiger partial charge in [-0.25, -0.2) is 0 Å².